The van der Waals surface area contributed by atoms with Crippen molar-refractivity contribution >= 4 is 25.8 Å². The molecule has 18 heavy (non-hydrogen) atoms. The molecule has 0 bridgehead atoms. The van der Waals surface area contributed by atoms with Gasteiger partial charge in [-0.3, -0.25) is 0 Å². The Kier molecular flexibility index (Phi) is 4.49. The van der Waals surface area contributed by atoms with Gasteiger partial charge < -0.3 is 0 Å². The van der Waals surface area contributed by atoms with Crippen LogP contribution in [0.1, 0.15) is 30.4 Å². The molecule has 0 aromatic heterocycles. The Bertz CT molecular complexity index is 523. The molecule has 1 aliphatic rings. The van der Waals surface area contributed by atoms with Gasteiger partial charge in [0, 0.05) is 16.5 Å². The van der Waals surface area contributed by atoms with E-state index in [0.29, 0.717) is 11.7 Å². The quantitative estimate of drug-likeness (QED) is 0.775. The average Bonchev–Trinajstić information content (AvgIpc) is 2.65. The summed E-state index contributed by atoms with van der Waals surface area (Å²) in [6.45, 7) is 0. The van der Waals surface area contributed by atoms with Crippen molar-refractivity contribution in [1.82, 2.24) is 0 Å². The molecule has 0 spiro atoms. The highest BCUT2D eigenvalue weighted by Gasteiger charge is 2.21. The summed E-state index contributed by atoms with van der Waals surface area (Å²) in [5, 5.41) is 0. The first-order valence-corrected chi connectivity index (χ1v) is 9.24. The lowest BCUT2D eigenvalue weighted by atomic mass is 9.99. The molecule has 100 valence electrons. The van der Waals surface area contributed by atoms with Crippen molar-refractivity contribution in [2.24, 2.45) is 5.92 Å². The highest BCUT2D eigenvalue weighted by molar-refractivity contribution is 9.10. The van der Waals surface area contributed by atoms with E-state index in [1.54, 1.807) is 0 Å². The normalized spacial score (nSPS) is 18.9. The lowest BCUT2D eigenvalue weighted by molar-refractivity contribution is 0.488. The first-order chi connectivity index (χ1) is 8.44. The summed E-state index contributed by atoms with van der Waals surface area (Å²) in [6, 6.07) is 6.52. The van der Waals surface area contributed by atoms with Gasteiger partial charge in [-0.2, -0.15) is 0 Å². The lowest BCUT2D eigenvalue weighted by Crippen LogP contribution is -2.05. The van der Waals surface area contributed by atoms with Crippen LogP contribution >= 0.6 is 15.9 Å². The monoisotopic (exact) mass is 330 g/mol. The second-order valence-corrected chi connectivity index (χ2v) is 8.49. The van der Waals surface area contributed by atoms with Crippen molar-refractivity contribution in [2.75, 3.05) is 12.0 Å². The minimum atomic E-state index is -2.79. The van der Waals surface area contributed by atoms with Gasteiger partial charge in [0.15, 0.2) is 0 Å². The van der Waals surface area contributed by atoms with Gasteiger partial charge in [0.2, 0.25) is 0 Å². The topological polar surface area (TPSA) is 34.1 Å². The fraction of sp³-hybridized carbons (Fsp3) is 0.571. The summed E-state index contributed by atoms with van der Waals surface area (Å²) in [5.41, 5.74) is 2.92. The molecule has 0 radical (unpaired) electrons. The van der Waals surface area contributed by atoms with Crippen molar-refractivity contribution in [2.45, 2.75) is 32.1 Å². The standard InChI is InChI=1S/C14H19BrO2S/c1-18(16,17)7-3-2-4-11-8-12-5-6-14(15)10-13(12)9-11/h5-6,10-11H,2-4,7-9H2,1H3. The third-order valence-corrected chi connectivity index (χ3v) is 5.09. The number of hydrogen-bond acceptors (Lipinski definition) is 2. The lowest BCUT2D eigenvalue weighted by Gasteiger charge is -2.07. The number of benzene rings is 1. The molecule has 1 atom stereocenters. The van der Waals surface area contributed by atoms with E-state index in [2.05, 4.69) is 34.1 Å². The highest BCUT2D eigenvalue weighted by atomic mass is 79.9. The predicted molar refractivity (Wildman–Crippen MR) is 78.6 cm³/mol. The molecule has 2 rings (SSSR count). The fourth-order valence-electron chi connectivity index (χ4n) is 2.68. The molecular formula is C14H19BrO2S. The SMILES string of the molecule is CS(=O)(=O)CCCCC1Cc2ccc(Br)cc2C1. The van der Waals surface area contributed by atoms with E-state index in [4.69, 9.17) is 0 Å². The summed E-state index contributed by atoms with van der Waals surface area (Å²) < 4.78 is 23.2. The number of rotatable bonds is 5. The molecule has 1 aromatic carbocycles. The van der Waals surface area contributed by atoms with E-state index in [1.165, 1.54) is 17.4 Å². The van der Waals surface area contributed by atoms with Gasteiger partial charge in [-0.15, -0.1) is 0 Å². The van der Waals surface area contributed by atoms with Crippen LogP contribution in [-0.2, 0) is 22.7 Å². The number of hydrogen-bond donors (Lipinski definition) is 0. The molecule has 1 aromatic rings. The molecular weight excluding hydrogens is 312 g/mol. The maximum absolute atomic E-state index is 11.0. The van der Waals surface area contributed by atoms with Crippen LogP contribution in [-0.4, -0.2) is 20.4 Å². The van der Waals surface area contributed by atoms with Gasteiger partial charge in [0.1, 0.15) is 9.84 Å². The summed E-state index contributed by atoms with van der Waals surface area (Å²) in [5.74, 6) is 1.03. The van der Waals surface area contributed by atoms with Crippen molar-refractivity contribution in [3.8, 4) is 0 Å². The molecule has 0 saturated heterocycles. The Morgan fingerprint density at radius 2 is 1.94 bits per heavy atom. The van der Waals surface area contributed by atoms with Crippen molar-refractivity contribution in [3.63, 3.8) is 0 Å². The molecule has 0 fully saturated rings. The van der Waals surface area contributed by atoms with Gasteiger partial charge in [0.05, 0.1) is 0 Å². The molecule has 0 saturated carbocycles. The van der Waals surface area contributed by atoms with Crippen molar-refractivity contribution in [1.29, 1.82) is 0 Å². The molecule has 4 heteroatoms. The highest BCUT2D eigenvalue weighted by Crippen LogP contribution is 2.31. The Morgan fingerprint density at radius 3 is 2.67 bits per heavy atom. The van der Waals surface area contributed by atoms with Crippen LogP contribution in [0, 0.1) is 5.92 Å². The first kappa shape index (κ1) is 14.1. The minimum Gasteiger partial charge on any atom is -0.229 e. The van der Waals surface area contributed by atoms with Gasteiger partial charge in [-0.05, 0) is 54.9 Å². The van der Waals surface area contributed by atoms with E-state index in [0.717, 1.165) is 36.6 Å². The largest absolute Gasteiger partial charge is 0.229 e. The predicted octanol–water partition coefficient (Wildman–Crippen LogP) is 3.38. The van der Waals surface area contributed by atoms with Crippen LogP contribution < -0.4 is 0 Å². The van der Waals surface area contributed by atoms with Crippen LogP contribution in [0.15, 0.2) is 22.7 Å². The number of sulfone groups is 1. The number of fused-ring (bicyclic) bond motifs is 1. The van der Waals surface area contributed by atoms with Crippen LogP contribution in [0.2, 0.25) is 0 Å². The van der Waals surface area contributed by atoms with Crippen LogP contribution in [0.25, 0.3) is 0 Å². The number of halogens is 1. The minimum absolute atomic E-state index is 0.332. The van der Waals surface area contributed by atoms with Gasteiger partial charge in [-0.1, -0.05) is 28.4 Å². The van der Waals surface area contributed by atoms with Gasteiger partial charge in [-0.25, -0.2) is 8.42 Å². The molecule has 2 nitrogen and oxygen atoms in total. The van der Waals surface area contributed by atoms with Crippen LogP contribution in [0.4, 0.5) is 0 Å². The fourth-order valence-corrected chi connectivity index (χ4v) is 3.82. The Morgan fingerprint density at radius 1 is 1.22 bits per heavy atom. The van der Waals surface area contributed by atoms with Crippen molar-refractivity contribution < 1.29 is 8.42 Å². The van der Waals surface area contributed by atoms with E-state index in [-0.39, 0.29) is 0 Å². The third kappa shape index (κ3) is 4.09. The van der Waals surface area contributed by atoms with E-state index < -0.39 is 9.84 Å². The molecule has 0 aliphatic heterocycles. The second kappa shape index (κ2) is 5.74. The first-order valence-electron chi connectivity index (χ1n) is 6.39. The van der Waals surface area contributed by atoms with E-state index >= 15 is 0 Å². The smallest absolute Gasteiger partial charge is 0.147 e. The van der Waals surface area contributed by atoms with Gasteiger partial charge in [0.25, 0.3) is 0 Å². The maximum atomic E-state index is 11.0. The van der Waals surface area contributed by atoms with E-state index in [1.807, 2.05) is 0 Å². The summed E-state index contributed by atoms with van der Waals surface area (Å²) in [6.07, 6.45) is 6.58. The summed E-state index contributed by atoms with van der Waals surface area (Å²) in [7, 11) is -2.79. The summed E-state index contributed by atoms with van der Waals surface area (Å²) in [4.78, 5) is 0. The number of unbranched alkanes of at least 4 members (excludes halogenated alkanes) is 1. The second-order valence-electron chi connectivity index (χ2n) is 5.31. The zero-order valence-electron chi connectivity index (χ0n) is 10.7. The average molecular weight is 331 g/mol. The zero-order chi connectivity index (χ0) is 13.2. The molecule has 1 unspecified atom stereocenters. The van der Waals surface area contributed by atoms with Crippen LogP contribution in [0.3, 0.4) is 0 Å². The summed E-state index contributed by atoms with van der Waals surface area (Å²) >= 11 is 3.50. The third-order valence-electron chi connectivity index (χ3n) is 3.56. The Balaban J connectivity index is 1.78. The zero-order valence-corrected chi connectivity index (χ0v) is 13.1. The molecule has 1 aliphatic carbocycles. The molecule has 0 N–H and O–H groups in total. The Labute approximate surface area is 118 Å². The van der Waals surface area contributed by atoms with Crippen molar-refractivity contribution in [3.05, 3.63) is 33.8 Å². The Hall–Kier alpha value is -0.350. The molecule has 0 amide bonds. The van der Waals surface area contributed by atoms with E-state index in [9.17, 15) is 8.42 Å². The maximum Gasteiger partial charge on any atom is 0.147 e. The molecule has 0 heterocycles. The van der Waals surface area contributed by atoms with Gasteiger partial charge >= 0.3 is 0 Å². The van der Waals surface area contributed by atoms with Crippen LogP contribution in [0.5, 0.6) is 0 Å².